The van der Waals surface area contributed by atoms with Crippen molar-refractivity contribution >= 4 is 33.6 Å². The second-order valence-electron chi connectivity index (χ2n) is 6.57. The molecule has 0 atom stereocenters. The van der Waals surface area contributed by atoms with Crippen molar-refractivity contribution in [2.45, 2.75) is 18.7 Å². The molecule has 3 aromatic carbocycles. The van der Waals surface area contributed by atoms with E-state index < -0.39 is 10.1 Å². The molecule has 0 amide bonds. The molecule has 3 aromatic rings. The van der Waals surface area contributed by atoms with Crippen LogP contribution in [0.3, 0.4) is 0 Å². The first kappa shape index (κ1) is 22.7. The SMILES string of the molecule is CCOc1cc(C=Nc2ccc(OC)cc2)cc(Cl)c1OS(=O)(=O)c1ccc(C)cc1. The van der Waals surface area contributed by atoms with Crippen LogP contribution in [0, 0.1) is 6.92 Å². The monoisotopic (exact) mass is 459 g/mol. The fourth-order valence-electron chi connectivity index (χ4n) is 2.69. The number of nitrogens with zero attached hydrogens (tertiary/aromatic N) is 1. The minimum absolute atomic E-state index is 0.0294. The van der Waals surface area contributed by atoms with Crippen molar-refractivity contribution < 1.29 is 22.1 Å². The predicted molar refractivity (Wildman–Crippen MR) is 122 cm³/mol. The van der Waals surface area contributed by atoms with Gasteiger partial charge in [0.1, 0.15) is 10.6 Å². The van der Waals surface area contributed by atoms with Crippen LogP contribution >= 0.6 is 11.6 Å². The molecular weight excluding hydrogens is 438 g/mol. The van der Waals surface area contributed by atoms with Crippen molar-refractivity contribution in [2.24, 2.45) is 4.99 Å². The smallest absolute Gasteiger partial charge is 0.339 e. The normalized spacial score (nSPS) is 11.5. The van der Waals surface area contributed by atoms with Gasteiger partial charge < -0.3 is 13.7 Å². The molecule has 0 saturated heterocycles. The molecule has 162 valence electrons. The number of aryl methyl sites for hydroxylation is 1. The molecule has 0 aromatic heterocycles. The van der Waals surface area contributed by atoms with Crippen LogP contribution in [0.2, 0.25) is 5.02 Å². The van der Waals surface area contributed by atoms with Gasteiger partial charge in [0.15, 0.2) is 5.75 Å². The Labute approximate surface area is 187 Å². The van der Waals surface area contributed by atoms with E-state index in [1.807, 2.05) is 19.1 Å². The third-order valence-electron chi connectivity index (χ3n) is 4.27. The number of rotatable bonds is 8. The van der Waals surface area contributed by atoms with E-state index in [9.17, 15) is 8.42 Å². The number of aliphatic imine (C=N–C) groups is 1. The van der Waals surface area contributed by atoms with Gasteiger partial charge in [0, 0.05) is 6.21 Å². The van der Waals surface area contributed by atoms with Gasteiger partial charge in [0.25, 0.3) is 0 Å². The lowest BCUT2D eigenvalue weighted by Gasteiger charge is -2.14. The van der Waals surface area contributed by atoms with E-state index in [-0.39, 0.29) is 21.4 Å². The molecule has 0 aliphatic rings. The molecule has 0 saturated carbocycles. The summed E-state index contributed by atoms with van der Waals surface area (Å²) in [6.07, 6.45) is 1.61. The number of hydrogen-bond acceptors (Lipinski definition) is 6. The van der Waals surface area contributed by atoms with Gasteiger partial charge >= 0.3 is 10.1 Å². The van der Waals surface area contributed by atoms with E-state index in [1.165, 1.54) is 12.1 Å². The van der Waals surface area contributed by atoms with Crippen LogP contribution in [0.1, 0.15) is 18.1 Å². The largest absolute Gasteiger partial charge is 0.497 e. The highest BCUT2D eigenvalue weighted by molar-refractivity contribution is 7.87. The van der Waals surface area contributed by atoms with Crippen LogP contribution in [0.4, 0.5) is 5.69 Å². The van der Waals surface area contributed by atoms with Gasteiger partial charge in [-0.15, -0.1) is 0 Å². The van der Waals surface area contributed by atoms with E-state index in [0.29, 0.717) is 12.2 Å². The molecule has 0 N–H and O–H groups in total. The van der Waals surface area contributed by atoms with E-state index in [1.54, 1.807) is 56.6 Å². The Hall–Kier alpha value is -3.03. The van der Waals surface area contributed by atoms with E-state index in [0.717, 1.165) is 17.0 Å². The first-order chi connectivity index (χ1) is 14.8. The van der Waals surface area contributed by atoms with Crippen molar-refractivity contribution in [3.05, 3.63) is 76.8 Å². The molecule has 0 aliphatic heterocycles. The van der Waals surface area contributed by atoms with Crippen LogP contribution in [0.25, 0.3) is 0 Å². The summed E-state index contributed by atoms with van der Waals surface area (Å²) in [4.78, 5) is 4.43. The average molecular weight is 460 g/mol. The summed E-state index contributed by atoms with van der Waals surface area (Å²) in [6.45, 7) is 3.95. The molecule has 0 fully saturated rings. The summed E-state index contributed by atoms with van der Waals surface area (Å²) < 4.78 is 41.5. The first-order valence-corrected chi connectivity index (χ1v) is 11.3. The summed E-state index contributed by atoms with van der Waals surface area (Å²) in [5.74, 6) is 0.879. The minimum atomic E-state index is -4.08. The summed E-state index contributed by atoms with van der Waals surface area (Å²) in [6, 6.07) is 16.8. The van der Waals surface area contributed by atoms with Crippen molar-refractivity contribution in [2.75, 3.05) is 13.7 Å². The molecule has 3 rings (SSSR count). The van der Waals surface area contributed by atoms with Crippen molar-refractivity contribution in [1.82, 2.24) is 0 Å². The first-order valence-electron chi connectivity index (χ1n) is 9.48. The quantitative estimate of drug-likeness (QED) is 0.325. The molecule has 0 heterocycles. The van der Waals surface area contributed by atoms with Gasteiger partial charge in [-0.3, -0.25) is 4.99 Å². The third kappa shape index (κ3) is 5.77. The molecule has 6 nitrogen and oxygen atoms in total. The standard InChI is InChI=1S/C23H22ClNO5S/c1-4-29-22-14-17(15-25-18-7-9-19(28-3)10-8-18)13-21(24)23(22)30-31(26,27)20-11-5-16(2)6-12-20/h5-15H,4H2,1-3H3. The van der Waals surface area contributed by atoms with E-state index in [2.05, 4.69) is 4.99 Å². The number of ether oxygens (including phenoxy) is 2. The number of benzene rings is 3. The Morgan fingerprint density at radius 3 is 2.32 bits per heavy atom. The highest BCUT2D eigenvalue weighted by Gasteiger charge is 2.22. The van der Waals surface area contributed by atoms with Crippen LogP contribution in [-0.2, 0) is 10.1 Å². The maximum atomic E-state index is 12.7. The second-order valence-corrected chi connectivity index (χ2v) is 8.52. The summed E-state index contributed by atoms with van der Waals surface area (Å²) >= 11 is 6.36. The Bertz CT molecular complexity index is 1170. The number of methoxy groups -OCH3 is 1. The van der Waals surface area contributed by atoms with Gasteiger partial charge in [-0.1, -0.05) is 29.3 Å². The molecule has 8 heteroatoms. The third-order valence-corrected chi connectivity index (χ3v) is 5.79. The molecule has 0 bridgehead atoms. The van der Waals surface area contributed by atoms with Gasteiger partial charge in [-0.2, -0.15) is 8.42 Å². The molecule has 31 heavy (non-hydrogen) atoms. The van der Waals surface area contributed by atoms with Crippen molar-refractivity contribution in [3.63, 3.8) is 0 Å². The summed E-state index contributed by atoms with van der Waals surface area (Å²) in [5.41, 5.74) is 2.29. The molecule has 0 unspecified atom stereocenters. The maximum absolute atomic E-state index is 12.7. The van der Waals surface area contributed by atoms with Crippen molar-refractivity contribution in [1.29, 1.82) is 0 Å². The lowest BCUT2D eigenvalue weighted by atomic mass is 10.2. The fraction of sp³-hybridized carbons (Fsp3) is 0.174. The lowest BCUT2D eigenvalue weighted by Crippen LogP contribution is -2.11. The van der Waals surface area contributed by atoms with E-state index in [4.69, 9.17) is 25.3 Å². The molecule has 0 aliphatic carbocycles. The zero-order chi connectivity index (χ0) is 22.4. The Balaban J connectivity index is 1.91. The second kappa shape index (κ2) is 9.85. The zero-order valence-electron chi connectivity index (χ0n) is 17.3. The minimum Gasteiger partial charge on any atom is -0.497 e. The van der Waals surface area contributed by atoms with Gasteiger partial charge in [0.05, 0.1) is 24.4 Å². The summed E-state index contributed by atoms with van der Waals surface area (Å²) in [7, 11) is -2.48. The van der Waals surface area contributed by atoms with Crippen LogP contribution < -0.4 is 13.7 Å². The molecule has 0 spiro atoms. The van der Waals surface area contributed by atoms with Crippen LogP contribution in [0.5, 0.6) is 17.2 Å². The van der Waals surface area contributed by atoms with Crippen LogP contribution in [0.15, 0.2) is 70.6 Å². The topological polar surface area (TPSA) is 74.2 Å². The summed E-state index contributed by atoms with van der Waals surface area (Å²) in [5, 5.41) is 0.0952. The Morgan fingerprint density at radius 2 is 1.71 bits per heavy atom. The van der Waals surface area contributed by atoms with Gasteiger partial charge in [-0.05, 0) is 67.9 Å². The predicted octanol–water partition coefficient (Wildman–Crippen LogP) is 5.57. The molecular formula is C23H22ClNO5S. The highest BCUT2D eigenvalue weighted by atomic mass is 35.5. The van der Waals surface area contributed by atoms with Crippen molar-refractivity contribution in [3.8, 4) is 17.2 Å². The highest BCUT2D eigenvalue weighted by Crippen LogP contribution is 2.38. The lowest BCUT2D eigenvalue weighted by molar-refractivity contribution is 0.327. The van der Waals surface area contributed by atoms with Gasteiger partial charge in [-0.25, -0.2) is 0 Å². The fourth-order valence-corrected chi connectivity index (χ4v) is 3.95. The van der Waals surface area contributed by atoms with Gasteiger partial charge in [0.2, 0.25) is 5.75 Å². The number of hydrogen-bond donors (Lipinski definition) is 0. The Kier molecular flexibility index (Phi) is 7.20. The maximum Gasteiger partial charge on any atom is 0.339 e. The molecule has 0 radical (unpaired) electrons. The average Bonchev–Trinajstić information content (AvgIpc) is 2.75. The van der Waals surface area contributed by atoms with Crippen LogP contribution in [-0.4, -0.2) is 28.3 Å². The van der Waals surface area contributed by atoms with E-state index >= 15 is 0 Å². The zero-order valence-corrected chi connectivity index (χ0v) is 18.9. The number of halogens is 1. The Morgan fingerprint density at radius 1 is 1.03 bits per heavy atom.